The largest absolute Gasteiger partial charge is 0.489 e. The number of para-hydroxylation sites is 1. The molecule has 3 N–H and O–H groups in total. The maximum absolute atomic E-state index is 11.3. The molecule has 2 aromatic rings. The number of primary amides is 1. The van der Waals surface area contributed by atoms with Crippen molar-refractivity contribution in [1.29, 1.82) is 0 Å². The van der Waals surface area contributed by atoms with E-state index in [-0.39, 0.29) is 18.0 Å². The average molecular weight is 296 g/mol. The third-order valence-corrected chi connectivity index (χ3v) is 4.02. The molecule has 4 nitrogen and oxygen atoms in total. The molecule has 1 saturated heterocycles. The SMILES string of the molecule is NC(=O)[C@@H]1CC[C@H](c2ccccc2OCc2ccccc2)N1. The highest BCUT2D eigenvalue weighted by molar-refractivity contribution is 5.80. The second kappa shape index (κ2) is 6.62. The highest BCUT2D eigenvalue weighted by atomic mass is 16.5. The number of carbonyl (C=O) groups excluding carboxylic acids is 1. The average Bonchev–Trinajstić information content (AvgIpc) is 3.04. The van der Waals surface area contributed by atoms with E-state index in [1.54, 1.807) is 0 Å². The van der Waals surface area contributed by atoms with E-state index >= 15 is 0 Å². The molecule has 0 saturated carbocycles. The summed E-state index contributed by atoms with van der Waals surface area (Å²) in [4.78, 5) is 11.3. The monoisotopic (exact) mass is 296 g/mol. The lowest BCUT2D eigenvalue weighted by Crippen LogP contribution is -2.37. The molecular weight excluding hydrogens is 276 g/mol. The van der Waals surface area contributed by atoms with Gasteiger partial charge >= 0.3 is 0 Å². The van der Waals surface area contributed by atoms with Gasteiger partial charge in [0.15, 0.2) is 0 Å². The van der Waals surface area contributed by atoms with Crippen molar-refractivity contribution in [3.63, 3.8) is 0 Å². The van der Waals surface area contributed by atoms with E-state index in [4.69, 9.17) is 10.5 Å². The van der Waals surface area contributed by atoms with Crippen LogP contribution in [0.3, 0.4) is 0 Å². The van der Waals surface area contributed by atoms with Crippen molar-refractivity contribution in [2.24, 2.45) is 5.73 Å². The zero-order valence-electron chi connectivity index (χ0n) is 12.4. The van der Waals surface area contributed by atoms with Crippen LogP contribution in [-0.4, -0.2) is 11.9 Å². The molecule has 1 aliphatic rings. The summed E-state index contributed by atoms with van der Waals surface area (Å²) in [7, 11) is 0. The Hall–Kier alpha value is -2.33. The molecule has 4 heteroatoms. The minimum atomic E-state index is -0.287. The smallest absolute Gasteiger partial charge is 0.234 e. The van der Waals surface area contributed by atoms with Crippen LogP contribution in [0.25, 0.3) is 0 Å². The summed E-state index contributed by atoms with van der Waals surface area (Å²) in [6.45, 7) is 0.532. The minimum Gasteiger partial charge on any atom is -0.489 e. The van der Waals surface area contributed by atoms with Crippen LogP contribution in [0.1, 0.15) is 30.0 Å². The van der Waals surface area contributed by atoms with Gasteiger partial charge in [0.1, 0.15) is 12.4 Å². The third-order valence-electron chi connectivity index (χ3n) is 4.02. The number of ether oxygens (including phenoxy) is 1. The third kappa shape index (κ3) is 3.28. The molecule has 1 fully saturated rings. The lowest BCUT2D eigenvalue weighted by atomic mass is 10.0. The fraction of sp³-hybridized carbons (Fsp3) is 0.278. The van der Waals surface area contributed by atoms with Gasteiger partial charge in [0.05, 0.1) is 6.04 Å². The van der Waals surface area contributed by atoms with Crippen LogP contribution in [0.4, 0.5) is 0 Å². The number of nitrogens with one attached hydrogen (secondary N) is 1. The number of hydrogen-bond acceptors (Lipinski definition) is 3. The fourth-order valence-electron chi connectivity index (χ4n) is 2.85. The van der Waals surface area contributed by atoms with Gasteiger partial charge in [-0.3, -0.25) is 10.1 Å². The van der Waals surface area contributed by atoms with Crippen molar-refractivity contribution in [1.82, 2.24) is 5.32 Å². The molecule has 2 atom stereocenters. The van der Waals surface area contributed by atoms with E-state index in [2.05, 4.69) is 5.32 Å². The highest BCUT2D eigenvalue weighted by Crippen LogP contribution is 2.33. The summed E-state index contributed by atoms with van der Waals surface area (Å²) in [6.07, 6.45) is 1.66. The quantitative estimate of drug-likeness (QED) is 0.891. The standard InChI is InChI=1S/C18H20N2O2/c19-18(21)16-11-10-15(20-16)14-8-4-5-9-17(14)22-12-13-6-2-1-3-7-13/h1-9,15-16,20H,10-12H2,(H2,19,21)/t15-,16+/m1/s1. The van der Waals surface area contributed by atoms with Crippen molar-refractivity contribution in [3.05, 3.63) is 65.7 Å². The van der Waals surface area contributed by atoms with Gasteiger partial charge in [0, 0.05) is 11.6 Å². The number of benzene rings is 2. The number of nitrogens with two attached hydrogens (primary N) is 1. The summed E-state index contributed by atoms with van der Waals surface area (Å²) in [5.41, 5.74) is 7.59. The van der Waals surface area contributed by atoms with Gasteiger partial charge in [-0.1, -0.05) is 48.5 Å². The van der Waals surface area contributed by atoms with E-state index in [1.165, 1.54) is 0 Å². The molecular formula is C18H20N2O2. The van der Waals surface area contributed by atoms with Crippen molar-refractivity contribution in [2.45, 2.75) is 31.5 Å². The zero-order valence-corrected chi connectivity index (χ0v) is 12.4. The van der Waals surface area contributed by atoms with E-state index < -0.39 is 0 Å². The van der Waals surface area contributed by atoms with Gasteiger partial charge in [-0.2, -0.15) is 0 Å². The van der Waals surface area contributed by atoms with Crippen LogP contribution in [-0.2, 0) is 11.4 Å². The van der Waals surface area contributed by atoms with Crippen LogP contribution in [0.2, 0.25) is 0 Å². The highest BCUT2D eigenvalue weighted by Gasteiger charge is 2.29. The fourth-order valence-corrected chi connectivity index (χ4v) is 2.85. The Labute approximate surface area is 130 Å². The topological polar surface area (TPSA) is 64.4 Å². The van der Waals surface area contributed by atoms with Crippen LogP contribution in [0.15, 0.2) is 54.6 Å². The zero-order chi connectivity index (χ0) is 15.4. The van der Waals surface area contributed by atoms with E-state index in [9.17, 15) is 4.79 Å². The van der Waals surface area contributed by atoms with Crippen LogP contribution in [0, 0.1) is 0 Å². The van der Waals surface area contributed by atoms with Crippen LogP contribution < -0.4 is 15.8 Å². The summed E-state index contributed by atoms with van der Waals surface area (Å²) in [5.74, 6) is 0.569. The normalized spacial score (nSPS) is 20.7. The molecule has 1 heterocycles. The van der Waals surface area contributed by atoms with E-state index in [1.807, 2.05) is 54.6 Å². The van der Waals surface area contributed by atoms with Crippen molar-refractivity contribution < 1.29 is 9.53 Å². The van der Waals surface area contributed by atoms with E-state index in [0.717, 1.165) is 29.7 Å². The molecule has 1 amide bonds. The molecule has 0 aromatic heterocycles. The Morgan fingerprint density at radius 1 is 1.09 bits per heavy atom. The molecule has 3 rings (SSSR count). The van der Waals surface area contributed by atoms with Crippen molar-refractivity contribution in [3.8, 4) is 5.75 Å². The van der Waals surface area contributed by atoms with Gasteiger partial charge in [-0.25, -0.2) is 0 Å². The second-order valence-electron chi connectivity index (χ2n) is 5.56. The van der Waals surface area contributed by atoms with Crippen LogP contribution in [0.5, 0.6) is 5.75 Å². The number of hydrogen-bond donors (Lipinski definition) is 2. The molecule has 114 valence electrons. The first kappa shape index (κ1) is 14.6. The maximum atomic E-state index is 11.3. The van der Waals surface area contributed by atoms with Crippen molar-refractivity contribution in [2.75, 3.05) is 0 Å². The first-order chi connectivity index (χ1) is 10.7. The minimum absolute atomic E-state index is 0.115. The van der Waals surface area contributed by atoms with Gasteiger partial charge in [-0.15, -0.1) is 0 Å². The number of amides is 1. The van der Waals surface area contributed by atoms with Gasteiger partial charge in [0.2, 0.25) is 5.91 Å². The number of rotatable bonds is 5. The van der Waals surface area contributed by atoms with Gasteiger partial charge < -0.3 is 10.5 Å². The van der Waals surface area contributed by atoms with E-state index in [0.29, 0.717) is 6.61 Å². The lowest BCUT2D eigenvalue weighted by molar-refractivity contribution is -0.119. The molecule has 1 aliphatic heterocycles. The van der Waals surface area contributed by atoms with Gasteiger partial charge in [-0.05, 0) is 24.5 Å². The maximum Gasteiger partial charge on any atom is 0.234 e. The predicted molar refractivity (Wildman–Crippen MR) is 85.3 cm³/mol. The van der Waals surface area contributed by atoms with Crippen LogP contribution >= 0.6 is 0 Å². The Bertz CT molecular complexity index is 643. The molecule has 0 unspecified atom stereocenters. The molecule has 0 aliphatic carbocycles. The summed E-state index contributed by atoms with van der Waals surface area (Å²) in [5, 5.41) is 3.29. The summed E-state index contributed by atoms with van der Waals surface area (Å²) < 4.78 is 5.98. The first-order valence-electron chi connectivity index (χ1n) is 7.55. The molecule has 0 spiro atoms. The molecule has 0 radical (unpaired) electrons. The molecule has 2 aromatic carbocycles. The second-order valence-corrected chi connectivity index (χ2v) is 5.56. The Balaban J connectivity index is 1.72. The molecule has 0 bridgehead atoms. The Morgan fingerprint density at radius 3 is 2.55 bits per heavy atom. The van der Waals surface area contributed by atoms with Gasteiger partial charge in [0.25, 0.3) is 0 Å². The number of carbonyl (C=O) groups is 1. The Kier molecular flexibility index (Phi) is 4.39. The molecule has 22 heavy (non-hydrogen) atoms. The summed E-state index contributed by atoms with van der Waals surface area (Å²) >= 11 is 0. The predicted octanol–water partition coefficient (Wildman–Crippen LogP) is 2.54. The first-order valence-corrected chi connectivity index (χ1v) is 7.55. The Morgan fingerprint density at radius 2 is 1.82 bits per heavy atom. The lowest BCUT2D eigenvalue weighted by Gasteiger charge is -2.17. The summed E-state index contributed by atoms with van der Waals surface area (Å²) in [6, 6.07) is 17.9. The van der Waals surface area contributed by atoms with Crippen molar-refractivity contribution >= 4 is 5.91 Å².